The quantitative estimate of drug-likeness (QED) is 0.0251. The number of phosphoric acid groups is 1. The van der Waals surface area contributed by atoms with Crippen LogP contribution in [0.3, 0.4) is 0 Å². The van der Waals surface area contributed by atoms with Gasteiger partial charge in [0.05, 0.1) is 19.8 Å². The van der Waals surface area contributed by atoms with Crippen LogP contribution in [0.15, 0.2) is 36.5 Å². The molecule has 0 aromatic rings. The van der Waals surface area contributed by atoms with E-state index in [1.54, 1.807) is 0 Å². The summed E-state index contributed by atoms with van der Waals surface area (Å²) in [6, 6.07) is 0. The van der Waals surface area contributed by atoms with Crippen molar-refractivity contribution in [3.05, 3.63) is 36.5 Å². The summed E-state index contributed by atoms with van der Waals surface area (Å²) in [5.74, 6) is -0.949. The molecule has 11 heteroatoms. The van der Waals surface area contributed by atoms with Gasteiger partial charge in [0, 0.05) is 12.8 Å². The minimum absolute atomic E-state index is 0.162. The Labute approximate surface area is 297 Å². The number of hydrogen-bond acceptors (Lipinski definition) is 9. The van der Waals surface area contributed by atoms with E-state index in [1.807, 2.05) is 24.3 Å². The minimum Gasteiger partial charge on any atom is -0.462 e. The topological polar surface area (TPSA) is 149 Å². The number of aliphatic hydroxyl groups is 2. The summed E-state index contributed by atoms with van der Waals surface area (Å²) in [6.45, 7) is 2.20. The van der Waals surface area contributed by atoms with Gasteiger partial charge in [-0.2, -0.15) is 0 Å². The van der Waals surface area contributed by atoms with Crippen molar-refractivity contribution in [3.63, 3.8) is 0 Å². The van der Waals surface area contributed by atoms with Gasteiger partial charge in [-0.3, -0.25) is 18.6 Å². The van der Waals surface area contributed by atoms with Gasteiger partial charge in [-0.1, -0.05) is 147 Å². The lowest BCUT2D eigenvalue weighted by atomic mass is 10.0. The highest BCUT2D eigenvalue weighted by Crippen LogP contribution is 2.43. The second kappa shape index (κ2) is 34.6. The average molecular weight is 717 g/mol. The van der Waals surface area contributed by atoms with E-state index in [2.05, 4.69) is 30.5 Å². The molecule has 0 aliphatic rings. The molecule has 0 aromatic heterocycles. The maximum Gasteiger partial charge on any atom is 0.472 e. The van der Waals surface area contributed by atoms with Gasteiger partial charge in [0.25, 0.3) is 0 Å². The van der Waals surface area contributed by atoms with Gasteiger partial charge >= 0.3 is 19.8 Å². The van der Waals surface area contributed by atoms with E-state index in [0.717, 1.165) is 57.8 Å². The zero-order valence-electron chi connectivity index (χ0n) is 30.7. The standard InChI is InChI=1S/C38H69O10P/c1-3-5-7-9-11-13-15-17-19-21-23-25-27-29-37(41)45-33-36(34-47-49(43,44)46-32-35(40)31-39)48-38(42)30-28-26-24-22-20-18-16-14-12-10-8-6-4-2/h6,8,10,12,14,16,35-36,39-40H,3-5,7,9,11,13,15,17-34H2,1-2H3,(H,43,44)/b8-6+,12-10+,16-14+/t35-,36?/m0/s1. The normalized spacial score (nSPS) is 14.5. The number of carbonyl (C=O) groups excluding carboxylic acids is 2. The molecule has 0 rings (SSSR count). The summed E-state index contributed by atoms with van der Waals surface area (Å²) in [6.07, 6.45) is 32.6. The molecular weight excluding hydrogens is 647 g/mol. The molecule has 2 unspecified atom stereocenters. The van der Waals surface area contributed by atoms with Crippen molar-refractivity contribution in [2.75, 3.05) is 26.4 Å². The number of hydrogen-bond donors (Lipinski definition) is 3. The van der Waals surface area contributed by atoms with Gasteiger partial charge in [-0.05, 0) is 32.1 Å². The Morgan fingerprint density at radius 1 is 0.633 bits per heavy atom. The maximum atomic E-state index is 12.5. The zero-order valence-corrected chi connectivity index (χ0v) is 31.5. The lowest BCUT2D eigenvalue weighted by molar-refractivity contribution is -0.161. The average Bonchev–Trinajstić information content (AvgIpc) is 3.09. The number of esters is 2. The van der Waals surface area contributed by atoms with Gasteiger partial charge in [0.1, 0.15) is 12.7 Å². The Kier molecular flexibility index (Phi) is 33.4. The number of aliphatic hydroxyl groups excluding tert-OH is 2. The predicted octanol–water partition coefficient (Wildman–Crippen LogP) is 9.22. The van der Waals surface area contributed by atoms with E-state index >= 15 is 0 Å². The molecular formula is C38H69O10P. The number of unbranched alkanes of at least 4 members (excludes halogenated alkanes) is 17. The van der Waals surface area contributed by atoms with Crippen molar-refractivity contribution in [2.45, 2.75) is 167 Å². The van der Waals surface area contributed by atoms with Crippen molar-refractivity contribution in [1.82, 2.24) is 0 Å². The third-order valence-corrected chi connectivity index (χ3v) is 8.82. The van der Waals surface area contributed by atoms with Crippen LogP contribution in [0, 0.1) is 0 Å². The van der Waals surface area contributed by atoms with Crippen molar-refractivity contribution in [1.29, 1.82) is 0 Å². The summed E-state index contributed by atoms with van der Waals surface area (Å²) in [5.41, 5.74) is 0. The number of phosphoric ester groups is 1. The van der Waals surface area contributed by atoms with Crippen LogP contribution >= 0.6 is 7.82 Å². The third kappa shape index (κ3) is 34.4. The first-order chi connectivity index (χ1) is 23.7. The van der Waals surface area contributed by atoms with E-state index in [0.29, 0.717) is 12.8 Å². The largest absolute Gasteiger partial charge is 0.472 e. The summed E-state index contributed by atoms with van der Waals surface area (Å²) >= 11 is 0. The minimum atomic E-state index is -4.61. The van der Waals surface area contributed by atoms with Gasteiger partial charge in [0.15, 0.2) is 6.10 Å². The van der Waals surface area contributed by atoms with Crippen LogP contribution < -0.4 is 0 Å². The van der Waals surface area contributed by atoms with E-state index < -0.39 is 51.8 Å². The Bertz CT molecular complexity index is 920. The smallest absolute Gasteiger partial charge is 0.462 e. The number of rotatable bonds is 35. The van der Waals surface area contributed by atoms with Crippen LogP contribution in [0.5, 0.6) is 0 Å². The van der Waals surface area contributed by atoms with Crippen LogP contribution in [-0.2, 0) is 32.7 Å². The number of allylic oxidation sites excluding steroid dienone is 6. The molecule has 0 saturated heterocycles. The van der Waals surface area contributed by atoms with Crippen LogP contribution in [0.2, 0.25) is 0 Å². The van der Waals surface area contributed by atoms with Crippen LogP contribution in [0.4, 0.5) is 0 Å². The highest BCUT2D eigenvalue weighted by atomic mass is 31.2. The van der Waals surface area contributed by atoms with Crippen molar-refractivity contribution in [3.8, 4) is 0 Å². The molecule has 0 heterocycles. The predicted molar refractivity (Wildman–Crippen MR) is 196 cm³/mol. The van der Waals surface area contributed by atoms with E-state index in [1.165, 1.54) is 57.8 Å². The lowest BCUT2D eigenvalue weighted by Gasteiger charge is -2.20. The summed E-state index contributed by atoms with van der Waals surface area (Å²) < 4.78 is 32.5. The fraction of sp³-hybridized carbons (Fsp3) is 0.789. The molecule has 0 aliphatic carbocycles. The molecule has 3 N–H and O–H groups in total. The highest BCUT2D eigenvalue weighted by molar-refractivity contribution is 7.47. The van der Waals surface area contributed by atoms with Crippen molar-refractivity contribution in [2.24, 2.45) is 0 Å². The molecule has 3 atom stereocenters. The Morgan fingerprint density at radius 3 is 1.67 bits per heavy atom. The fourth-order valence-electron chi connectivity index (χ4n) is 4.93. The Morgan fingerprint density at radius 2 is 1.12 bits per heavy atom. The number of ether oxygens (including phenoxy) is 2. The van der Waals surface area contributed by atoms with Gasteiger partial charge in [-0.15, -0.1) is 0 Å². The molecule has 49 heavy (non-hydrogen) atoms. The molecule has 0 aromatic carbocycles. The van der Waals surface area contributed by atoms with E-state index in [-0.39, 0.29) is 19.4 Å². The van der Waals surface area contributed by atoms with E-state index in [9.17, 15) is 24.2 Å². The van der Waals surface area contributed by atoms with Crippen molar-refractivity contribution >= 4 is 19.8 Å². The van der Waals surface area contributed by atoms with E-state index in [4.69, 9.17) is 19.1 Å². The summed E-state index contributed by atoms with van der Waals surface area (Å²) in [4.78, 5) is 34.8. The molecule has 0 fully saturated rings. The highest BCUT2D eigenvalue weighted by Gasteiger charge is 2.27. The first kappa shape index (κ1) is 47.2. The van der Waals surface area contributed by atoms with Crippen molar-refractivity contribution < 1.29 is 47.8 Å². The zero-order chi connectivity index (χ0) is 36.3. The monoisotopic (exact) mass is 716 g/mol. The maximum absolute atomic E-state index is 12.5. The van der Waals surface area contributed by atoms with Gasteiger partial charge < -0.3 is 24.6 Å². The van der Waals surface area contributed by atoms with Gasteiger partial charge in [0.2, 0.25) is 0 Å². The second-order valence-corrected chi connectivity index (χ2v) is 14.1. The van der Waals surface area contributed by atoms with Crippen LogP contribution in [0.25, 0.3) is 0 Å². The van der Waals surface area contributed by atoms with Crippen LogP contribution in [0.1, 0.15) is 155 Å². The van der Waals surface area contributed by atoms with Gasteiger partial charge in [-0.25, -0.2) is 4.57 Å². The second-order valence-electron chi connectivity index (χ2n) is 12.6. The first-order valence-corrected chi connectivity index (χ1v) is 20.5. The number of carbonyl (C=O) groups is 2. The molecule has 0 bridgehead atoms. The SMILES string of the molecule is CC/C=C/C=C/C=C/CCCCCCCC(=O)OC(COC(=O)CCCCCCCCCCCCCCC)COP(=O)(O)OC[C@@H](O)CO. The fourth-order valence-corrected chi connectivity index (χ4v) is 5.72. The molecule has 286 valence electrons. The molecule has 0 amide bonds. The summed E-state index contributed by atoms with van der Waals surface area (Å²) in [7, 11) is -4.61. The molecule has 0 saturated carbocycles. The molecule has 10 nitrogen and oxygen atoms in total. The lowest BCUT2D eigenvalue weighted by Crippen LogP contribution is -2.29. The molecule has 0 aliphatic heterocycles. The Balaban J connectivity index is 4.40. The van der Waals surface area contributed by atoms with Crippen LogP contribution in [-0.4, -0.2) is 65.7 Å². The summed E-state index contributed by atoms with van der Waals surface area (Å²) in [5, 5.41) is 18.3. The molecule has 0 radical (unpaired) electrons. The Hall–Kier alpha value is -1.81. The third-order valence-electron chi connectivity index (χ3n) is 7.87. The first-order valence-electron chi connectivity index (χ1n) is 19.0. The molecule has 0 spiro atoms.